The van der Waals surface area contributed by atoms with Crippen molar-refractivity contribution in [3.05, 3.63) is 88.0 Å². The molecule has 0 spiro atoms. The number of alkyl halides is 5. The molecule has 1 atom stereocenters. The molecule has 1 nitrogen and oxygen atoms in total. The Hall–Kier alpha value is -3.31. The van der Waals surface area contributed by atoms with Gasteiger partial charge in [0.25, 0.3) is 0 Å². The maximum atomic E-state index is 14.6. The molecule has 37 heavy (non-hydrogen) atoms. The van der Waals surface area contributed by atoms with Crippen LogP contribution in [0.4, 0.5) is 48.3 Å². The van der Waals surface area contributed by atoms with Crippen LogP contribution in [0.5, 0.6) is 5.75 Å². The van der Waals surface area contributed by atoms with E-state index >= 15 is 0 Å². The zero-order valence-electron chi connectivity index (χ0n) is 19.0. The van der Waals surface area contributed by atoms with Gasteiger partial charge >= 0.3 is 12.3 Å². The summed E-state index contributed by atoms with van der Waals surface area (Å²) in [6.45, 7) is 3.45. The molecule has 0 radical (unpaired) electrons. The highest BCUT2D eigenvalue weighted by Gasteiger charge is 2.42. The second kappa shape index (κ2) is 10.2. The third-order valence-corrected chi connectivity index (χ3v) is 5.52. The van der Waals surface area contributed by atoms with E-state index in [0.717, 1.165) is 0 Å². The summed E-state index contributed by atoms with van der Waals surface area (Å²) in [5.74, 6) is -12.8. The van der Waals surface area contributed by atoms with Crippen LogP contribution in [0.2, 0.25) is 0 Å². The third kappa shape index (κ3) is 5.83. The lowest BCUT2D eigenvalue weighted by atomic mass is 9.95. The Balaban J connectivity index is 1.98. The zero-order chi connectivity index (χ0) is 27.9. The van der Waals surface area contributed by atoms with Gasteiger partial charge in [0.2, 0.25) is 0 Å². The smallest absolute Gasteiger partial charge is 0.429 e. The van der Waals surface area contributed by atoms with E-state index in [9.17, 15) is 48.3 Å². The Bertz CT molecular complexity index is 1250. The molecule has 0 aliphatic rings. The Kier molecular flexibility index (Phi) is 7.80. The number of halogens is 11. The first-order chi connectivity index (χ1) is 17.1. The van der Waals surface area contributed by atoms with Crippen LogP contribution in [0.3, 0.4) is 0 Å². The van der Waals surface area contributed by atoms with Crippen LogP contribution in [-0.2, 0) is 12.3 Å². The quantitative estimate of drug-likeness (QED) is 0.271. The largest absolute Gasteiger partial charge is 0.432 e. The van der Waals surface area contributed by atoms with Gasteiger partial charge in [0.15, 0.2) is 0 Å². The molecule has 0 amide bonds. The SMILES string of the molecule is CCCC(C)c1cc(F)c(C(F)(F)Oc2cc(F)c(-c3cc(F)c(C(F)(F)F)c(F)c3)c(F)c2)c(F)c1. The molecule has 12 heteroatoms. The van der Waals surface area contributed by atoms with Crippen molar-refractivity contribution in [1.82, 2.24) is 0 Å². The molecule has 200 valence electrons. The van der Waals surface area contributed by atoms with Crippen LogP contribution in [0.15, 0.2) is 36.4 Å². The van der Waals surface area contributed by atoms with Crippen molar-refractivity contribution in [3.63, 3.8) is 0 Å². The van der Waals surface area contributed by atoms with Crippen molar-refractivity contribution in [2.75, 3.05) is 0 Å². The summed E-state index contributed by atoms with van der Waals surface area (Å²) in [6.07, 6.45) is -9.02. The van der Waals surface area contributed by atoms with Gasteiger partial charge in [0.1, 0.15) is 51.8 Å². The minimum atomic E-state index is -5.44. The molecule has 3 aromatic rings. The minimum Gasteiger partial charge on any atom is -0.429 e. The fraction of sp³-hybridized carbons (Fsp3) is 0.280. The molecule has 3 rings (SSSR count). The fourth-order valence-electron chi connectivity index (χ4n) is 3.83. The van der Waals surface area contributed by atoms with Gasteiger partial charge in [-0.05, 0) is 47.7 Å². The zero-order valence-corrected chi connectivity index (χ0v) is 19.0. The van der Waals surface area contributed by atoms with Crippen molar-refractivity contribution in [3.8, 4) is 16.9 Å². The molecule has 0 saturated carbocycles. The van der Waals surface area contributed by atoms with Gasteiger partial charge in [0, 0.05) is 12.1 Å². The Morgan fingerprint density at radius 3 is 1.57 bits per heavy atom. The summed E-state index contributed by atoms with van der Waals surface area (Å²) in [6, 6.07) is 1.63. The highest BCUT2D eigenvalue weighted by molar-refractivity contribution is 5.66. The molecule has 0 N–H and O–H groups in total. The van der Waals surface area contributed by atoms with Crippen molar-refractivity contribution in [2.24, 2.45) is 0 Å². The maximum absolute atomic E-state index is 14.6. The molecule has 0 aliphatic carbocycles. The van der Waals surface area contributed by atoms with E-state index in [1.165, 1.54) is 0 Å². The minimum absolute atomic E-state index is 0.00831. The van der Waals surface area contributed by atoms with Crippen molar-refractivity contribution < 1.29 is 53.0 Å². The first-order valence-electron chi connectivity index (χ1n) is 10.7. The van der Waals surface area contributed by atoms with E-state index < -0.39 is 75.2 Å². The van der Waals surface area contributed by atoms with Gasteiger partial charge < -0.3 is 4.74 Å². The van der Waals surface area contributed by atoms with E-state index in [-0.39, 0.29) is 35.7 Å². The van der Waals surface area contributed by atoms with E-state index in [4.69, 9.17) is 0 Å². The maximum Gasteiger partial charge on any atom is 0.432 e. The number of hydrogen-bond donors (Lipinski definition) is 0. The predicted octanol–water partition coefficient (Wildman–Crippen LogP) is 9.24. The number of ether oxygens (including phenoxy) is 1. The second-order valence-corrected chi connectivity index (χ2v) is 8.24. The number of rotatable bonds is 7. The molecule has 0 aliphatic heterocycles. The van der Waals surface area contributed by atoms with Crippen LogP contribution in [0.1, 0.15) is 49.3 Å². The van der Waals surface area contributed by atoms with Gasteiger partial charge in [-0.15, -0.1) is 0 Å². The van der Waals surface area contributed by atoms with E-state index in [0.29, 0.717) is 25.0 Å². The van der Waals surface area contributed by atoms with Crippen molar-refractivity contribution in [2.45, 2.75) is 44.9 Å². The summed E-state index contributed by atoms with van der Waals surface area (Å²) in [5.41, 5.74) is -6.28. The predicted molar refractivity (Wildman–Crippen MR) is 111 cm³/mol. The van der Waals surface area contributed by atoms with Gasteiger partial charge in [0.05, 0.1) is 5.56 Å². The van der Waals surface area contributed by atoms with Crippen LogP contribution in [-0.4, -0.2) is 0 Å². The van der Waals surface area contributed by atoms with Crippen molar-refractivity contribution >= 4 is 0 Å². The summed E-state index contributed by atoms with van der Waals surface area (Å²) in [4.78, 5) is 0. The lowest BCUT2D eigenvalue weighted by Gasteiger charge is -2.21. The molecule has 0 bridgehead atoms. The lowest BCUT2D eigenvalue weighted by molar-refractivity contribution is -0.189. The summed E-state index contributed by atoms with van der Waals surface area (Å²) < 4.78 is 157. The molecule has 0 aromatic heterocycles. The molecule has 0 saturated heterocycles. The molecule has 0 fully saturated rings. The fourth-order valence-corrected chi connectivity index (χ4v) is 3.83. The second-order valence-electron chi connectivity index (χ2n) is 8.24. The summed E-state index contributed by atoms with van der Waals surface area (Å²) in [5, 5.41) is 0. The topological polar surface area (TPSA) is 9.23 Å². The van der Waals surface area contributed by atoms with E-state index in [1.807, 2.05) is 6.92 Å². The Morgan fingerprint density at radius 2 is 1.14 bits per heavy atom. The number of benzene rings is 3. The standard InChI is InChI=1S/C25H17F11O/c1-3-4-11(2)12-5-19(30)23(20(31)6-12)25(35,36)37-14-9-15(26)21(16(27)10-14)13-7-17(28)22(18(29)8-13)24(32,33)34/h5-11H,3-4H2,1-2H3. The molecule has 3 aromatic carbocycles. The summed E-state index contributed by atoms with van der Waals surface area (Å²) >= 11 is 0. The van der Waals surface area contributed by atoms with Gasteiger partial charge in [-0.3, -0.25) is 0 Å². The molecule has 0 heterocycles. The van der Waals surface area contributed by atoms with Gasteiger partial charge in [-0.25, -0.2) is 26.3 Å². The van der Waals surface area contributed by atoms with Crippen molar-refractivity contribution in [1.29, 1.82) is 0 Å². The van der Waals surface area contributed by atoms with E-state index in [2.05, 4.69) is 4.74 Å². The average molecular weight is 542 g/mol. The normalized spacial score (nSPS) is 13.1. The summed E-state index contributed by atoms with van der Waals surface area (Å²) in [7, 11) is 0. The van der Waals surface area contributed by atoms with Gasteiger partial charge in [-0.1, -0.05) is 20.3 Å². The molecule has 1 unspecified atom stereocenters. The van der Waals surface area contributed by atoms with Crippen LogP contribution in [0.25, 0.3) is 11.1 Å². The lowest BCUT2D eigenvalue weighted by Crippen LogP contribution is -2.25. The third-order valence-electron chi connectivity index (χ3n) is 5.52. The first-order valence-corrected chi connectivity index (χ1v) is 10.7. The number of hydrogen-bond acceptors (Lipinski definition) is 1. The highest BCUT2D eigenvalue weighted by atomic mass is 19.4. The van der Waals surface area contributed by atoms with Crippen LogP contribution >= 0.6 is 0 Å². The van der Waals surface area contributed by atoms with Crippen LogP contribution in [0, 0.1) is 34.9 Å². The van der Waals surface area contributed by atoms with Crippen LogP contribution < -0.4 is 4.74 Å². The Morgan fingerprint density at radius 1 is 0.676 bits per heavy atom. The monoisotopic (exact) mass is 542 g/mol. The highest BCUT2D eigenvalue weighted by Crippen LogP contribution is 2.40. The molecular formula is C25H17F11O. The van der Waals surface area contributed by atoms with Gasteiger partial charge in [-0.2, -0.15) is 22.0 Å². The molecular weight excluding hydrogens is 525 g/mol. The first kappa shape index (κ1) is 28.3. The Labute approximate surface area is 203 Å². The average Bonchev–Trinajstić information content (AvgIpc) is 2.70. The van der Waals surface area contributed by atoms with E-state index in [1.54, 1.807) is 6.92 Å².